The first-order valence-electron chi connectivity index (χ1n) is 8.22. The first-order chi connectivity index (χ1) is 12.8. The third kappa shape index (κ3) is 4.30. The number of imidazole rings is 1. The molecule has 0 fully saturated rings. The summed E-state index contributed by atoms with van der Waals surface area (Å²) in [5.74, 6) is 1.51. The Morgan fingerprint density at radius 2 is 2.23 bits per heavy atom. The zero-order valence-electron chi connectivity index (χ0n) is 14.4. The summed E-state index contributed by atoms with van der Waals surface area (Å²) in [4.78, 5) is 8.20. The molecule has 26 heavy (non-hydrogen) atoms. The van der Waals surface area contributed by atoms with Gasteiger partial charge in [0, 0.05) is 37.1 Å². The smallest absolute Gasteiger partial charge is 0.232 e. The van der Waals surface area contributed by atoms with Crippen LogP contribution in [0.2, 0.25) is 0 Å². The van der Waals surface area contributed by atoms with E-state index in [0.29, 0.717) is 18.3 Å². The van der Waals surface area contributed by atoms with E-state index in [1.807, 2.05) is 41.1 Å². The molecule has 132 valence electrons. The third-order valence-corrected chi connectivity index (χ3v) is 3.73. The highest BCUT2D eigenvalue weighted by Crippen LogP contribution is 2.22. The number of methoxy groups -OCH3 is 1. The van der Waals surface area contributed by atoms with Gasteiger partial charge in [-0.3, -0.25) is 0 Å². The molecular weight excluding hydrogens is 330 g/mol. The van der Waals surface area contributed by atoms with Crippen molar-refractivity contribution < 1.29 is 9.15 Å². The van der Waals surface area contributed by atoms with Gasteiger partial charge in [-0.15, -0.1) is 0 Å². The monoisotopic (exact) mass is 349 g/mol. The van der Waals surface area contributed by atoms with Crippen molar-refractivity contribution >= 4 is 18.0 Å². The van der Waals surface area contributed by atoms with E-state index in [1.165, 1.54) is 0 Å². The Kier molecular flexibility index (Phi) is 5.68. The van der Waals surface area contributed by atoms with Crippen LogP contribution in [0, 0.1) is 11.3 Å². The van der Waals surface area contributed by atoms with Gasteiger partial charge in [-0.05, 0) is 18.6 Å². The van der Waals surface area contributed by atoms with E-state index in [4.69, 9.17) is 9.15 Å². The molecule has 0 spiro atoms. The van der Waals surface area contributed by atoms with Gasteiger partial charge in [0.25, 0.3) is 0 Å². The number of nitrogens with zero attached hydrogens (tertiary/aromatic N) is 4. The second-order valence-corrected chi connectivity index (χ2v) is 5.50. The highest BCUT2D eigenvalue weighted by atomic mass is 16.5. The summed E-state index contributed by atoms with van der Waals surface area (Å²) in [7, 11) is 1.62. The Morgan fingerprint density at radius 3 is 3.00 bits per heavy atom. The van der Waals surface area contributed by atoms with E-state index in [0.717, 1.165) is 24.3 Å². The molecule has 0 aliphatic heterocycles. The van der Waals surface area contributed by atoms with Crippen LogP contribution in [0.5, 0.6) is 5.75 Å². The number of nitrogens with one attached hydrogen (secondary N) is 1. The number of ether oxygens (including phenoxy) is 1. The minimum atomic E-state index is 0.243. The molecule has 0 unspecified atom stereocenters. The van der Waals surface area contributed by atoms with Gasteiger partial charge in [0.1, 0.15) is 11.8 Å². The zero-order chi connectivity index (χ0) is 18.2. The van der Waals surface area contributed by atoms with Crippen molar-refractivity contribution in [3.8, 4) is 11.8 Å². The van der Waals surface area contributed by atoms with Crippen LogP contribution in [0.15, 0.2) is 47.4 Å². The average molecular weight is 349 g/mol. The van der Waals surface area contributed by atoms with Gasteiger partial charge in [0.05, 0.1) is 13.4 Å². The van der Waals surface area contributed by atoms with Crippen LogP contribution in [0.25, 0.3) is 12.2 Å². The van der Waals surface area contributed by atoms with Gasteiger partial charge in [-0.1, -0.05) is 18.2 Å². The molecule has 1 N–H and O–H groups in total. The van der Waals surface area contributed by atoms with Crippen molar-refractivity contribution in [1.29, 1.82) is 5.26 Å². The SMILES string of the molecule is COc1ccccc1/C=C/c1nc(C#N)c(NCCCn2ccnc2)o1. The number of rotatable bonds is 8. The van der Waals surface area contributed by atoms with Crippen LogP contribution in [-0.2, 0) is 6.54 Å². The summed E-state index contributed by atoms with van der Waals surface area (Å²) in [6, 6.07) is 9.68. The molecule has 7 nitrogen and oxygen atoms in total. The van der Waals surface area contributed by atoms with Gasteiger partial charge in [0.15, 0.2) is 0 Å². The van der Waals surface area contributed by atoms with E-state index in [2.05, 4.69) is 21.4 Å². The van der Waals surface area contributed by atoms with Gasteiger partial charge >= 0.3 is 0 Å². The molecule has 0 atom stereocenters. The fourth-order valence-electron chi connectivity index (χ4n) is 2.45. The Bertz CT molecular complexity index is 906. The Morgan fingerprint density at radius 1 is 1.35 bits per heavy atom. The predicted octanol–water partition coefficient (Wildman–Crippen LogP) is 3.42. The molecule has 0 aliphatic carbocycles. The minimum Gasteiger partial charge on any atom is -0.496 e. The number of aromatic nitrogens is 3. The van der Waals surface area contributed by atoms with Crippen molar-refractivity contribution in [1.82, 2.24) is 14.5 Å². The number of anilines is 1. The fraction of sp³-hybridized carbons (Fsp3) is 0.211. The quantitative estimate of drug-likeness (QED) is 0.627. The van der Waals surface area contributed by atoms with Crippen molar-refractivity contribution in [2.45, 2.75) is 13.0 Å². The van der Waals surface area contributed by atoms with Crippen molar-refractivity contribution in [2.75, 3.05) is 19.0 Å². The summed E-state index contributed by atoms with van der Waals surface area (Å²) < 4.78 is 12.9. The summed E-state index contributed by atoms with van der Waals surface area (Å²) in [6.45, 7) is 1.50. The summed E-state index contributed by atoms with van der Waals surface area (Å²) in [5, 5.41) is 12.4. The molecule has 1 aromatic carbocycles. The number of benzene rings is 1. The van der Waals surface area contributed by atoms with Crippen LogP contribution in [0.3, 0.4) is 0 Å². The normalized spacial score (nSPS) is 10.8. The molecule has 0 aliphatic rings. The highest BCUT2D eigenvalue weighted by Gasteiger charge is 2.11. The van der Waals surface area contributed by atoms with Crippen LogP contribution < -0.4 is 10.1 Å². The molecule has 2 aromatic heterocycles. The maximum atomic E-state index is 9.24. The largest absolute Gasteiger partial charge is 0.496 e. The van der Waals surface area contributed by atoms with Crippen LogP contribution in [0.4, 0.5) is 5.88 Å². The molecule has 0 radical (unpaired) electrons. The lowest BCUT2D eigenvalue weighted by Gasteiger charge is -2.03. The highest BCUT2D eigenvalue weighted by molar-refractivity contribution is 5.70. The van der Waals surface area contributed by atoms with Gasteiger partial charge in [-0.2, -0.15) is 10.2 Å². The number of para-hydroxylation sites is 1. The lowest BCUT2D eigenvalue weighted by Crippen LogP contribution is -2.06. The lowest BCUT2D eigenvalue weighted by molar-refractivity contribution is 0.414. The van der Waals surface area contributed by atoms with Gasteiger partial charge < -0.3 is 19.0 Å². The van der Waals surface area contributed by atoms with Crippen molar-refractivity contribution in [2.24, 2.45) is 0 Å². The first kappa shape index (κ1) is 17.3. The number of hydrogen-bond donors (Lipinski definition) is 1. The summed E-state index contributed by atoms with van der Waals surface area (Å²) in [5.41, 5.74) is 1.15. The first-order valence-corrected chi connectivity index (χ1v) is 8.22. The topological polar surface area (TPSA) is 88.9 Å². The van der Waals surface area contributed by atoms with Crippen LogP contribution in [-0.4, -0.2) is 28.2 Å². The van der Waals surface area contributed by atoms with Crippen LogP contribution >= 0.6 is 0 Å². The second kappa shape index (κ2) is 8.53. The van der Waals surface area contributed by atoms with E-state index in [9.17, 15) is 5.26 Å². The number of hydrogen-bond acceptors (Lipinski definition) is 6. The minimum absolute atomic E-state index is 0.243. The molecule has 0 amide bonds. The molecule has 3 rings (SSSR count). The molecule has 2 heterocycles. The van der Waals surface area contributed by atoms with E-state index in [-0.39, 0.29) is 5.69 Å². The number of aryl methyl sites for hydroxylation is 1. The van der Waals surface area contributed by atoms with Crippen LogP contribution in [0.1, 0.15) is 23.6 Å². The summed E-state index contributed by atoms with van der Waals surface area (Å²) in [6.07, 6.45) is 9.86. The average Bonchev–Trinajstić information content (AvgIpc) is 3.33. The zero-order valence-corrected chi connectivity index (χ0v) is 14.4. The van der Waals surface area contributed by atoms with E-state index >= 15 is 0 Å². The van der Waals surface area contributed by atoms with E-state index < -0.39 is 0 Å². The molecular formula is C19H19N5O2. The molecule has 7 heteroatoms. The third-order valence-electron chi connectivity index (χ3n) is 3.73. The Labute approximate surface area is 151 Å². The molecule has 0 saturated carbocycles. The number of oxazole rings is 1. The van der Waals surface area contributed by atoms with Gasteiger partial charge in [0.2, 0.25) is 17.5 Å². The molecule has 0 saturated heterocycles. The standard InChI is InChI=1S/C19H19N5O2/c1-25-17-6-3-2-5-15(17)7-8-18-23-16(13-20)19(26-18)22-9-4-11-24-12-10-21-14-24/h2-3,5-8,10,12,14,22H,4,9,11H2,1H3/b8-7+. The molecule has 3 aromatic rings. The predicted molar refractivity (Wildman–Crippen MR) is 98.5 cm³/mol. The van der Waals surface area contributed by atoms with Crippen molar-refractivity contribution in [3.63, 3.8) is 0 Å². The summed E-state index contributed by atoms with van der Waals surface area (Å²) >= 11 is 0. The Balaban J connectivity index is 1.62. The Hall–Kier alpha value is -3.53. The maximum Gasteiger partial charge on any atom is 0.232 e. The van der Waals surface area contributed by atoms with Gasteiger partial charge in [-0.25, -0.2) is 4.98 Å². The van der Waals surface area contributed by atoms with Crippen molar-refractivity contribution in [3.05, 3.63) is 60.1 Å². The lowest BCUT2D eigenvalue weighted by atomic mass is 10.2. The fourth-order valence-corrected chi connectivity index (χ4v) is 2.45. The second-order valence-electron chi connectivity index (χ2n) is 5.50. The van der Waals surface area contributed by atoms with E-state index in [1.54, 1.807) is 25.7 Å². The number of nitriles is 1. The molecule has 0 bridgehead atoms. The maximum absolute atomic E-state index is 9.24.